The van der Waals surface area contributed by atoms with Crippen LogP contribution in [0.3, 0.4) is 0 Å². The molecule has 1 aromatic carbocycles. The number of pyridine rings is 2. The van der Waals surface area contributed by atoms with E-state index in [0.29, 0.717) is 6.04 Å². The van der Waals surface area contributed by atoms with Gasteiger partial charge in [0.2, 0.25) is 0 Å². The van der Waals surface area contributed by atoms with Gasteiger partial charge >= 0.3 is 0 Å². The second-order valence-electron chi connectivity index (χ2n) is 5.79. The van der Waals surface area contributed by atoms with Crippen LogP contribution < -0.4 is 0 Å². The summed E-state index contributed by atoms with van der Waals surface area (Å²) in [5, 5.41) is 0. The highest BCUT2D eigenvalue weighted by Crippen LogP contribution is 2.21. The quantitative estimate of drug-likeness (QED) is 0.702. The van der Waals surface area contributed by atoms with Crippen LogP contribution in [0.1, 0.15) is 24.1 Å². The van der Waals surface area contributed by atoms with Crippen LogP contribution in [0.4, 0.5) is 0 Å². The van der Waals surface area contributed by atoms with Gasteiger partial charge in [-0.1, -0.05) is 36.4 Å². The van der Waals surface area contributed by atoms with Crippen LogP contribution in [0, 0.1) is 0 Å². The highest BCUT2D eigenvalue weighted by molar-refractivity contribution is 5.58. The Labute approximate surface area is 137 Å². The highest BCUT2D eigenvalue weighted by atomic mass is 15.1. The van der Waals surface area contributed by atoms with Gasteiger partial charge in [-0.15, -0.1) is 0 Å². The molecule has 0 N–H and O–H groups in total. The molecule has 0 saturated heterocycles. The molecule has 0 saturated carbocycles. The molecular formula is C20H21N3. The molecule has 0 amide bonds. The van der Waals surface area contributed by atoms with E-state index in [9.17, 15) is 0 Å². The first-order valence-corrected chi connectivity index (χ1v) is 7.84. The van der Waals surface area contributed by atoms with Crippen molar-refractivity contribution < 1.29 is 0 Å². The van der Waals surface area contributed by atoms with Crippen LogP contribution in [0.5, 0.6) is 0 Å². The van der Waals surface area contributed by atoms with Gasteiger partial charge in [-0.2, -0.15) is 0 Å². The first-order valence-electron chi connectivity index (χ1n) is 7.84. The molecule has 2 heterocycles. The first kappa shape index (κ1) is 15.4. The molecule has 1 unspecified atom stereocenters. The van der Waals surface area contributed by atoms with Crippen molar-refractivity contribution in [3.8, 4) is 11.3 Å². The van der Waals surface area contributed by atoms with Crippen molar-refractivity contribution in [2.24, 2.45) is 0 Å². The van der Waals surface area contributed by atoms with Crippen LogP contribution in [-0.2, 0) is 6.54 Å². The van der Waals surface area contributed by atoms with Crippen LogP contribution in [-0.4, -0.2) is 21.9 Å². The summed E-state index contributed by atoms with van der Waals surface area (Å²) >= 11 is 0. The van der Waals surface area contributed by atoms with Crippen molar-refractivity contribution in [2.45, 2.75) is 19.5 Å². The molecule has 1 atom stereocenters. The maximum atomic E-state index is 4.39. The van der Waals surface area contributed by atoms with Crippen molar-refractivity contribution in [3.05, 3.63) is 84.3 Å². The third-order valence-corrected chi connectivity index (χ3v) is 4.17. The summed E-state index contributed by atoms with van der Waals surface area (Å²) in [6.45, 7) is 3.11. The fourth-order valence-electron chi connectivity index (χ4n) is 2.62. The average molecular weight is 303 g/mol. The molecular weight excluding hydrogens is 282 g/mol. The van der Waals surface area contributed by atoms with Crippen molar-refractivity contribution >= 4 is 0 Å². The van der Waals surface area contributed by atoms with Gasteiger partial charge in [-0.3, -0.25) is 14.9 Å². The summed E-state index contributed by atoms with van der Waals surface area (Å²) in [5.41, 5.74) is 4.69. The Balaban J connectivity index is 1.68. The molecule has 0 radical (unpaired) electrons. The lowest BCUT2D eigenvalue weighted by Crippen LogP contribution is -2.21. The Morgan fingerprint density at radius 2 is 1.78 bits per heavy atom. The minimum absolute atomic E-state index is 0.333. The van der Waals surface area contributed by atoms with Gasteiger partial charge < -0.3 is 0 Å². The lowest BCUT2D eigenvalue weighted by Gasteiger charge is -2.25. The molecule has 3 nitrogen and oxygen atoms in total. The van der Waals surface area contributed by atoms with Crippen LogP contribution in [0.25, 0.3) is 11.3 Å². The van der Waals surface area contributed by atoms with Crippen LogP contribution in [0.2, 0.25) is 0 Å². The normalized spacial score (nSPS) is 12.3. The van der Waals surface area contributed by atoms with Gasteiger partial charge in [0.25, 0.3) is 0 Å². The van der Waals surface area contributed by atoms with Crippen LogP contribution >= 0.6 is 0 Å². The molecule has 116 valence electrons. The molecule has 0 spiro atoms. The number of benzene rings is 1. The third-order valence-electron chi connectivity index (χ3n) is 4.17. The molecule has 3 aromatic rings. The van der Waals surface area contributed by atoms with Gasteiger partial charge in [0.15, 0.2) is 0 Å². The molecule has 2 aromatic heterocycles. The maximum absolute atomic E-state index is 4.39. The van der Waals surface area contributed by atoms with E-state index in [1.165, 1.54) is 11.1 Å². The van der Waals surface area contributed by atoms with E-state index >= 15 is 0 Å². The van der Waals surface area contributed by atoms with E-state index in [1.807, 2.05) is 42.9 Å². The fraction of sp³-hybridized carbons (Fsp3) is 0.200. The molecule has 0 bridgehead atoms. The standard InChI is InChI=1S/C20H21N3/c1-16(19-6-5-12-21-14-19)23(2)15-17-8-10-18(11-9-17)20-7-3-4-13-22-20/h3-14,16H,15H2,1-2H3. The van der Waals surface area contributed by atoms with Gasteiger partial charge in [-0.05, 0) is 43.3 Å². The largest absolute Gasteiger partial charge is 0.295 e. The SMILES string of the molecule is CC(c1cccnc1)N(C)Cc1ccc(-c2ccccn2)cc1. The molecule has 0 fully saturated rings. The second kappa shape index (κ2) is 7.16. The van der Waals surface area contributed by atoms with Crippen LogP contribution in [0.15, 0.2) is 73.2 Å². The minimum Gasteiger partial charge on any atom is -0.295 e. The molecule has 23 heavy (non-hydrogen) atoms. The van der Waals surface area contributed by atoms with Crippen molar-refractivity contribution in [1.29, 1.82) is 0 Å². The van der Waals surface area contributed by atoms with E-state index in [2.05, 4.69) is 59.2 Å². The third kappa shape index (κ3) is 3.82. The smallest absolute Gasteiger partial charge is 0.0701 e. The first-order chi connectivity index (χ1) is 11.2. The van der Waals surface area contributed by atoms with E-state index in [0.717, 1.165) is 17.8 Å². The van der Waals surface area contributed by atoms with E-state index in [4.69, 9.17) is 0 Å². The Kier molecular flexibility index (Phi) is 4.79. The monoisotopic (exact) mass is 303 g/mol. The fourth-order valence-corrected chi connectivity index (χ4v) is 2.62. The molecule has 3 rings (SSSR count). The zero-order valence-corrected chi connectivity index (χ0v) is 13.6. The minimum atomic E-state index is 0.333. The summed E-state index contributed by atoms with van der Waals surface area (Å²) in [5.74, 6) is 0. The topological polar surface area (TPSA) is 29.0 Å². The number of aromatic nitrogens is 2. The van der Waals surface area contributed by atoms with Gasteiger partial charge in [0.1, 0.15) is 0 Å². The van der Waals surface area contributed by atoms with Gasteiger partial charge in [0.05, 0.1) is 5.69 Å². The lowest BCUT2D eigenvalue weighted by molar-refractivity contribution is 0.252. The van der Waals surface area contributed by atoms with Crippen molar-refractivity contribution in [3.63, 3.8) is 0 Å². The van der Waals surface area contributed by atoms with E-state index in [-0.39, 0.29) is 0 Å². The highest BCUT2D eigenvalue weighted by Gasteiger charge is 2.12. The zero-order chi connectivity index (χ0) is 16.1. The number of rotatable bonds is 5. The van der Waals surface area contributed by atoms with Gasteiger partial charge in [0, 0.05) is 36.7 Å². The summed E-state index contributed by atoms with van der Waals surface area (Å²) in [4.78, 5) is 10.9. The Hall–Kier alpha value is -2.52. The summed E-state index contributed by atoms with van der Waals surface area (Å²) < 4.78 is 0. The lowest BCUT2D eigenvalue weighted by atomic mass is 10.1. The number of hydrogen-bond acceptors (Lipinski definition) is 3. The molecule has 0 aliphatic heterocycles. The Morgan fingerprint density at radius 1 is 0.957 bits per heavy atom. The predicted octanol–water partition coefficient (Wildman–Crippen LogP) is 4.34. The number of nitrogens with zero attached hydrogens (tertiary/aromatic N) is 3. The summed E-state index contributed by atoms with van der Waals surface area (Å²) in [6, 6.07) is 19.1. The number of hydrogen-bond donors (Lipinski definition) is 0. The maximum Gasteiger partial charge on any atom is 0.0701 e. The van der Waals surface area contributed by atoms with E-state index in [1.54, 1.807) is 0 Å². The Bertz CT molecular complexity index is 724. The Morgan fingerprint density at radius 3 is 2.43 bits per heavy atom. The average Bonchev–Trinajstić information content (AvgIpc) is 2.63. The van der Waals surface area contributed by atoms with Crippen molar-refractivity contribution in [1.82, 2.24) is 14.9 Å². The zero-order valence-electron chi connectivity index (χ0n) is 13.6. The molecule has 0 aliphatic carbocycles. The van der Waals surface area contributed by atoms with Crippen molar-refractivity contribution in [2.75, 3.05) is 7.05 Å². The van der Waals surface area contributed by atoms with E-state index < -0.39 is 0 Å². The predicted molar refractivity (Wildman–Crippen MR) is 93.8 cm³/mol. The molecule has 0 aliphatic rings. The van der Waals surface area contributed by atoms with Gasteiger partial charge in [-0.25, -0.2) is 0 Å². The summed E-state index contributed by atoms with van der Waals surface area (Å²) in [7, 11) is 2.14. The summed E-state index contributed by atoms with van der Waals surface area (Å²) in [6.07, 6.45) is 5.57. The second-order valence-corrected chi connectivity index (χ2v) is 5.79. The molecule has 3 heteroatoms.